The van der Waals surface area contributed by atoms with Crippen molar-refractivity contribution in [2.24, 2.45) is 5.73 Å². The van der Waals surface area contributed by atoms with Gasteiger partial charge in [0.2, 0.25) is 5.91 Å². The summed E-state index contributed by atoms with van der Waals surface area (Å²) in [4.78, 5) is 25.9. The summed E-state index contributed by atoms with van der Waals surface area (Å²) in [5.41, 5.74) is 5.84. The normalized spacial score (nSPS) is 22.2. The molecular formula is C18H27N3O3. The molecule has 2 amide bonds. The van der Waals surface area contributed by atoms with Crippen LogP contribution in [-0.4, -0.2) is 54.1 Å². The van der Waals surface area contributed by atoms with Gasteiger partial charge in [0.1, 0.15) is 0 Å². The topological polar surface area (TPSA) is 84.7 Å². The summed E-state index contributed by atoms with van der Waals surface area (Å²) in [7, 11) is 0. The molecule has 6 nitrogen and oxygen atoms in total. The predicted molar refractivity (Wildman–Crippen MR) is 93.0 cm³/mol. The molecule has 1 aliphatic heterocycles. The van der Waals surface area contributed by atoms with E-state index in [-0.39, 0.29) is 23.7 Å². The van der Waals surface area contributed by atoms with E-state index in [2.05, 4.69) is 37.9 Å². The molecule has 6 heteroatoms. The number of ether oxygens (including phenoxy) is 1. The fraction of sp³-hybridized carbons (Fsp3) is 0.556. The zero-order chi connectivity index (χ0) is 17.9. The van der Waals surface area contributed by atoms with Crippen LogP contribution in [0.3, 0.4) is 0 Å². The van der Waals surface area contributed by atoms with Crippen molar-refractivity contribution in [3.63, 3.8) is 0 Å². The second-order valence-corrected chi connectivity index (χ2v) is 7.10. The van der Waals surface area contributed by atoms with Crippen LogP contribution in [0.25, 0.3) is 0 Å². The average molecular weight is 333 g/mol. The summed E-state index contributed by atoms with van der Waals surface area (Å²) in [6.07, 6.45) is 0.354. The molecule has 0 spiro atoms. The summed E-state index contributed by atoms with van der Waals surface area (Å²) < 4.78 is 5.77. The standard InChI is InChI=1S/C18H27N3O3/c1-12-9-21(10-13(2)24-12)18(3,4)11-20-17(23)15-7-5-6-14(8-15)16(19)22/h5-8,12-13H,9-11H2,1-4H3,(H2,19,22)(H,20,23)/t12-,13-/m0/s1. The molecule has 1 fully saturated rings. The molecule has 0 aliphatic carbocycles. The highest BCUT2D eigenvalue weighted by Gasteiger charge is 2.33. The van der Waals surface area contributed by atoms with Gasteiger partial charge in [-0.1, -0.05) is 6.07 Å². The van der Waals surface area contributed by atoms with Gasteiger partial charge in [-0.05, 0) is 45.9 Å². The molecule has 0 aromatic heterocycles. The Balaban J connectivity index is 1.99. The monoisotopic (exact) mass is 333 g/mol. The van der Waals surface area contributed by atoms with Gasteiger partial charge in [0.15, 0.2) is 0 Å². The maximum Gasteiger partial charge on any atom is 0.251 e. The lowest BCUT2D eigenvalue weighted by molar-refractivity contribution is -0.0948. The minimum atomic E-state index is -0.540. The van der Waals surface area contributed by atoms with E-state index >= 15 is 0 Å². The van der Waals surface area contributed by atoms with Crippen molar-refractivity contribution in [3.05, 3.63) is 35.4 Å². The molecule has 3 N–H and O–H groups in total. The Labute approximate surface area is 143 Å². The molecule has 1 heterocycles. The number of hydrogen-bond acceptors (Lipinski definition) is 4. The number of carbonyl (C=O) groups is 2. The van der Waals surface area contributed by atoms with Crippen LogP contribution in [0, 0.1) is 0 Å². The van der Waals surface area contributed by atoms with Gasteiger partial charge in [-0.3, -0.25) is 14.5 Å². The van der Waals surface area contributed by atoms with Crippen LogP contribution in [-0.2, 0) is 4.74 Å². The molecule has 24 heavy (non-hydrogen) atoms. The lowest BCUT2D eigenvalue weighted by Gasteiger charge is -2.45. The maximum absolute atomic E-state index is 12.4. The van der Waals surface area contributed by atoms with Gasteiger partial charge in [-0.15, -0.1) is 0 Å². The van der Waals surface area contributed by atoms with E-state index in [1.807, 2.05) is 0 Å². The van der Waals surface area contributed by atoms with Crippen LogP contribution >= 0.6 is 0 Å². The molecule has 0 bridgehead atoms. The molecular weight excluding hydrogens is 306 g/mol. The second kappa shape index (κ2) is 7.32. The molecule has 1 saturated heterocycles. The molecule has 132 valence electrons. The quantitative estimate of drug-likeness (QED) is 0.853. The first-order valence-corrected chi connectivity index (χ1v) is 8.27. The van der Waals surface area contributed by atoms with Gasteiger partial charge in [-0.25, -0.2) is 0 Å². The smallest absolute Gasteiger partial charge is 0.251 e. The lowest BCUT2D eigenvalue weighted by atomic mass is 9.99. The summed E-state index contributed by atoms with van der Waals surface area (Å²) >= 11 is 0. The van der Waals surface area contributed by atoms with Crippen LogP contribution in [0.4, 0.5) is 0 Å². The largest absolute Gasteiger partial charge is 0.373 e. The fourth-order valence-corrected chi connectivity index (χ4v) is 3.00. The van der Waals surface area contributed by atoms with Crippen molar-refractivity contribution >= 4 is 11.8 Å². The van der Waals surface area contributed by atoms with Gasteiger partial charge < -0.3 is 15.8 Å². The average Bonchev–Trinajstić information content (AvgIpc) is 2.52. The van der Waals surface area contributed by atoms with E-state index in [0.717, 1.165) is 13.1 Å². The molecule has 2 atom stereocenters. The van der Waals surface area contributed by atoms with E-state index in [1.54, 1.807) is 18.2 Å². The third-order valence-electron chi connectivity index (χ3n) is 4.37. The van der Waals surface area contributed by atoms with Gasteiger partial charge in [-0.2, -0.15) is 0 Å². The maximum atomic E-state index is 12.4. The number of carbonyl (C=O) groups excluding carboxylic acids is 2. The fourth-order valence-electron chi connectivity index (χ4n) is 3.00. The predicted octanol–water partition coefficient (Wildman–Crippen LogP) is 1.40. The Morgan fingerprint density at radius 2 is 1.83 bits per heavy atom. The first kappa shape index (κ1) is 18.4. The molecule has 1 aliphatic rings. The number of nitrogens with one attached hydrogen (secondary N) is 1. The molecule has 0 saturated carbocycles. The molecule has 1 aromatic rings. The minimum absolute atomic E-state index is 0.177. The Morgan fingerprint density at radius 3 is 2.42 bits per heavy atom. The van der Waals surface area contributed by atoms with Gasteiger partial charge >= 0.3 is 0 Å². The molecule has 2 rings (SSSR count). The van der Waals surface area contributed by atoms with Gasteiger partial charge in [0.25, 0.3) is 5.91 Å². The van der Waals surface area contributed by atoms with Crippen LogP contribution in [0.2, 0.25) is 0 Å². The SMILES string of the molecule is C[C@H]1CN(C(C)(C)CNC(=O)c2cccc(C(N)=O)c2)C[C@H](C)O1. The zero-order valence-corrected chi connectivity index (χ0v) is 14.8. The number of nitrogens with zero attached hydrogens (tertiary/aromatic N) is 1. The summed E-state index contributed by atoms with van der Waals surface area (Å²) in [5, 5.41) is 2.96. The summed E-state index contributed by atoms with van der Waals surface area (Å²) in [6.45, 7) is 10.5. The Kier molecular flexibility index (Phi) is 5.62. The summed E-state index contributed by atoms with van der Waals surface area (Å²) in [6, 6.07) is 6.45. The van der Waals surface area contributed by atoms with Crippen LogP contribution < -0.4 is 11.1 Å². The number of rotatable bonds is 5. The number of benzene rings is 1. The lowest BCUT2D eigenvalue weighted by Crippen LogP contribution is -2.58. The van der Waals surface area contributed by atoms with E-state index in [0.29, 0.717) is 17.7 Å². The molecule has 0 radical (unpaired) electrons. The van der Waals surface area contributed by atoms with Gasteiger partial charge in [0, 0.05) is 36.3 Å². The number of amides is 2. The van der Waals surface area contributed by atoms with Crippen LogP contribution in [0.15, 0.2) is 24.3 Å². The van der Waals surface area contributed by atoms with Gasteiger partial charge in [0.05, 0.1) is 12.2 Å². The van der Waals surface area contributed by atoms with Crippen molar-refractivity contribution in [1.82, 2.24) is 10.2 Å². The number of nitrogens with two attached hydrogens (primary N) is 1. The minimum Gasteiger partial charge on any atom is -0.373 e. The number of morpholine rings is 1. The number of hydrogen-bond donors (Lipinski definition) is 2. The highest BCUT2D eigenvalue weighted by Crippen LogP contribution is 2.20. The van der Waals surface area contributed by atoms with E-state index in [4.69, 9.17) is 10.5 Å². The van der Waals surface area contributed by atoms with Crippen LogP contribution in [0.5, 0.6) is 0 Å². The Bertz CT molecular complexity index is 605. The third kappa shape index (κ3) is 4.55. The third-order valence-corrected chi connectivity index (χ3v) is 4.37. The number of primary amides is 1. The highest BCUT2D eigenvalue weighted by molar-refractivity contribution is 5.99. The van der Waals surface area contributed by atoms with Crippen molar-refractivity contribution < 1.29 is 14.3 Å². The highest BCUT2D eigenvalue weighted by atomic mass is 16.5. The first-order chi connectivity index (χ1) is 11.2. The van der Waals surface area contributed by atoms with E-state index < -0.39 is 5.91 Å². The Morgan fingerprint density at radius 1 is 1.25 bits per heavy atom. The first-order valence-electron chi connectivity index (χ1n) is 8.27. The van der Waals surface area contributed by atoms with Crippen molar-refractivity contribution in [1.29, 1.82) is 0 Å². The molecule has 0 unspecified atom stereocenters. The van der Waals surface area contributed by atoms with E-state index in [9.17, 15) is 9.59 Å². The second-order valence-electron chi connectivity index (χ2n) is 7.10. The van der Waals surface area contributed by atoms with Crippen molar-refractivity contribution in [3.8, 4) is 0 Å². The Hall–Kier alpha value is -1.92. The van der Waals surface area contributed by atoms with Crippen molar-refractivity contribution in [2.45, 2.75) is 45.4 Å². The van der Waals surface area contributed by atoms with Crippen molar-refractivity contribution in [2.75, 3.05) is 19.6 Å². The van der Waals surface area contributed by atoms with E-state index in [1.165, 1.54) is 6.07 Å². The molecule has 1 aromatic carbocycles. The summed E-state index contributed by atoms with van der Waals surface area (Å²) in [5.74, 6) is -0.748. The zero-order valence-electron chi connectivity index (χ0n) is 14.8. The van der Waals surface area contributed by atoms with Crippen LogP contribution in [0.1, 0.15) is 48.4 Å².